The largest absolute Gasteiger partial charge is 0.448 e. The minimum atomic E-state index is -0.251. The molecule has 1 aliphatic heterocycles. The molecule has 1 fully saturated rings. The first-order valence-electron chi connectivity index (χ1n) is 8.74. The number of amides is 1. The molecular weight excluding hydrogens is 336 g/mol. The van der Waals surface area contributed by atoms with E-state index >= 15 is 0 Å². The van der Waals surface area contributed by atoms with Crippen LogP contribution in [0, 0.1) is 0 Å². The summed E-state index contributed by atoms with van der Waals surface area (Å²) in [6.45, 7) is 1.69. The molecule has 2 aromatic carbocycles. The van der Waals surface area contributed by atoms with Crippen molar-refractivity contribution in [3.63, 3.8) is 0 Å². The van der Waals surface area contributed by atoms with Crippen LogP contribution in [0.15, 0.2) is 48.5 Å². The second-order valence-electron chi connectivity index (χ2n) is 6.70. The fourth-order valence-corrected chi connectivity index (χ4v) is 4.10. The zero-order chi connectivity index (χ0) is 17.2. The molecular formula is C20H21ClN2O2. The molecule has 0 aromatic heterocycles. The van der Waals surface area contributed by atoms with Gasteiger partial charge in [-0.25, -0.2) is 9.63 Å². The van der Waals surface area contributed by atoms with E-state index in [0.717, 1.165) is 19.4 Å². The zero-order valence-corrected chi connectivity index (χ0v) is 14.7. The van der Waals surface area contributed by atoms with Crippen LogP contribution in [0.2, 0.25) is 0 Å². The van der Waals surface area contributed by atoms with E-state index < -0.39 is 0 Å². The molecule has 1 N–H and O–H groups in total. The summed E-state index contributed by atoms with van der Waals surface area (Å²) in [5, 5.41) is 0. The number of hydrogen-bond acceptors (Lipinski definition) is 3. The van der Waals surface area contributed by atoms with Crippen molar-refractivity contribution >= 4 is 17.9 Å². The molecule has 4 rings (SSSR count). The number of carbonyl (C=O) groups excluding carboxylic acids is 1. The standard InChI is InChI=1S/C20H21ClN2O2/c21-22-14-6-5-11-23(12-14)20(24)25-13-19-17-9-3-1-7-15(17)16-8-2-4-10-18(16)19/h1-4,7-10,14,19,22H,5-6,11-13H2/t14-/m1/s1. The predicted octanol–water partition coefficient (Wildman–Crippen LogP) is 4.14. The Labute approximate surface area is 152 Å². The summed E-state index contributed by atoms with van der Waals surface area (Å²) in [7, 11) is 0. The van der Waals surface area contributed by atoms with Crippen molar-refractivity contribution in [2.45, 2.75) is 24.8 Å². The van der Waals surface area contributed by atoms with Crippen LogP contribution in [0.4, 0.5) is 4.79 Å². The number of ether oxygens (including phenoxy) is 1. The molecule has 2 aliphatic rings. The average molecular weight is 357 g/mol. The summed E-state index contributed by atoms with van der Waals surface area (Å²) in [6, 6.07) is 16.9. The van der Waals surface area contributed by atoms with Gasteiger partial charge in [0.1, 0.15) is 6.61 Å². The normalized spacial score (nSPS) is 19.4. The number of piperidine rings is 1. The molecule has 0 bridgehead atoms. The highest BCUT2D eigenvalue weighted by molar-refractivity contribution is 6.13. The van der Waals surface area contributed by atoms with Crippen molar-refractivity contribution < 1.29 is 9.53 Å². The molecule has 1 amide bonds. The summed E-state index contributed by atoms with van der Waals surface area (Å²) in [5.74, 6) is 0.100. The van der Waals surface area contributed by atoms with E-state index in [2.05, 4.69) is 41.2 Å². The van der Waals surface area contributed by atoms with Gasteiger partial charge in [-0.05, 0) is 46.9 Å². The molecule has 1 heterocycles. The fourth-order valence-electron chi connectivity index (χ4n) is 3.92. The number of likely N-dealkylation sites (tertiary alicyclic amines) is 1. The molecule has 130 valence electrons. The minimum absolute atomic E-state index is 0.100. The number of halogens is 1. The summed E-state index contributed by atoms with van der Waals surface area (Å²) in [6.07, 6.45) is 1.67. The zero-order valence-electron chi connectivity index (χ0n) is 14.0. The van der Waals surface area contributed by atoms with Gasteiger partial charge in [-0.3, -0.25) is 0 Å². The first-order valence-corrected chi connectivity index (χ1v) is 9.12. The van der Waals surface area contributed by atoms with E-state index in [1.165, 1.54) is 22.3 Å². The van der Waals surface area contributed by atoms with Crippen LogP contribution in [0.5, 0.6) is 0 Å². The monoisotopic (exact) mass is 356 g/mol. The van der Waals surface area contributed by atoms with Crippen molar-refractivity contribution in [3.05, 3.63) is 59.7 Å². The van der Waals surface area contributed by atoms with Crippen LogP contribution in [-0.2, 0) is 4.74 Å². The lowest BCUT2D eigenvalue weighted by atomic mass is 9.98. The van der Waals surface area contributed by atoms with Crippen LogP contribution in [0.1, 0.15) is 29.9 Å². The van der Waals surface area contributed by atoms with Gasteiger partial charge in [0.2, 0.25) is 0 Å². The lowest BCUT2D eigenvalue weighted by Crippen LogP contribution is -2.46. The van der Waals surface area contributed by atoms with Crippen molar-refractivity contribution in [2.75, 3.05) is 19.7 Å². The minimum Gasteiger partial charge on any atom is -0.448 e. The van der Waals surface area contributed by atoms with Crippen molar-refractivity contribution in [1.29, 1.82) is 0 Å². The third kappa shape index (κ3) is 3.12. The van der Waals surface area contributed by atoms with Crippen LogP contribution in [-0.4, -0.2) is 36.7 Å². The quantitative estimate of drug-likeness (QED) is 0.840. The Balaban J connectivity index is 1.49. The van der Waals surface area contributed by atoms with Crippen LogP contribution in [0.25, 0.3) is 11.1 Å². The van der Waals surface area contributed by atoms with Crippen LogP contribution in [0.3, 0.4) is 0 Å². The lowest BCUT2D eigenvalue weighted by molar-refractivity contribution is 0.0885. The third-order valence-electron chi connectivity index (χ3n) is 5.17. The summed E-state index contributed by atoms with van der Waals surface area (Å²) < 4.78 is 5.69. The van der Waals surface area contributed by atoms with Crippen LogP contribution >= 0.6 is 11.8 Å². The highest BCUT2D eigenvalue weighted by Crippen LogP contribution is 2.44. The van der Waals surface area contributed by atoms with E-state index in [9.17, 15) is 4.79 Å². The van der Waals surface area contributed by atoms with E-state index in [1.807, 2.05) is 12.1 Å². The Kier molecular flexibility index (Phi) is 4.64. The first-order chi connectivity index (χ1) is 12.3. The number of nitrogens with zero attached hydrogens (tertiary/aromatic N) is 1. The van der Waals surface area contributed by atoms with Gasteiger partial charge in [-0.1, -0.05) is 48.5 Å². The fraction of sp³-hybridized carbons (Fsp3) is 0.350. The Morgan fingerprint density at radius 1 is 1.12 bits per heavy atom. The maximum absolute atomic E-state index is 12.5. The molecule has 1 saturated heterocycles. The molecule has 2 aromatic rings. The second-order valence-corrected chi connectivity index (χ2v) is 6.92. The topological polar surface area (TPSA) is 41.6 Å². The number of hydrogen-bond donors (Lipinski definition) is 1. The SMILES string of the molecule is O=C(OCC1c2ccccc2-c2ccccc21)N1CCC[C@@H](NCl)C1. The smallest absolute Gasteiger partial charge is 0.409 e. The molecule has 1 aliphatic carbocycles. The first kappa shape index (κ1) is 16.4. The average Bonchev–Trinajstić information content (AvgIpc) is 3.00. The Hall–Kier alpha value is -2.04. The van der Waals surface area contributed by atoms with Gasteiger partial charge in [0.15, 0.2) is 0 Å². The number of benzene rings is 2. The third-order valence-corrected chi connectivity index (χ3v) is 5.48. The molecule has 5 heteroatoms. The highest BCUT2D eigenvalue weighted by atomic mass is 35.5. The number of carbonyl (C=O) groups is 1. The number of rotatable bonds is 3. The van der Waals surface area contributed by atoms with Gasteiger partial charge in [-0.15, -0.1) is 0 Å². The van der Waals surface area contributed by atoms with Gasteiger partial charge in [-0.2, -0.15) is 0 Å². The summed E-state index contributed by atoms with van der Waals surface area (Å²) in [4.78, 5) is 17.0. The van der Waals surface area contributed by atoms with Crippen LogP contribution < -0.4 is 4.84 Å². The molecule has 0 unspecified atom stereocenters. The van der Waals surface area contributed by atoms with Crippen molar-refractivity contribution in [1.82, 2.24) is 9.74 Å². The predicted molar refractivity (Wildman–Crippen MR) is 98.7 cm³/mol. The highest BCUT2D eigenvalue weighted by Gasteiger charge is 2.30. The molecule has 1 atom stereocenters. The lowest BCUT2D eigenvalue weighted by Gasteiger charge is -2.31. The van der Waals surface area contributed by atoms with E-state index in [0.29, 0.717) is 13.2 Å². The summed E-state index contributed by atoms with van der Waals surface area (Å²) in [5.41, 5.74) is 4.94. The van der Waals surface area contributed by atoms with Gasteiger partial charge >= 0.3 is 6.09 Å². The van der Waals surface area contributed by atoms with Gasteiger partial charge in [0.25, 0.3) is 0 Å². The Morgan fingerprint density at radius 2 is 1.76 bits per heavy atom. The Morgan fingerprint density at radius 3 is 2.40 bits per heavy atom. The molecule has 0 radical (unpaired) electrons. The van der Waals surface area contributed by atoms with Gasteiger partial charge in [0, 0.05) is 25.0 Å². The molecule has 4 nitrogen and oxygen atoms in total. The Bertz CT molecular complexity index is 734. The molecule has 0 spiro atoms. The van der Waals surface area contributed by atoms with E-state index in [-0.39, 0.29) is 18.1 Å². The molecule has 25 heavy (non-hydrogen) atoms. The maximum atomic E-state index is 12.5. The van der Waals surface area contributed by atoms with E-state index in [1.54, 1.807) is 4.90 Å². The summed E-state index contributed by atoms with van der Waals surface area (Å²) >= 11 is 5.71. The van der Waals surface area contributed by atoms with Crippen molar-refractivity contribution in [2.24, 2.45) is 0 Å². The molecule has 0 saturated carbocycles. The van der Waals surface area contributed by atoms with Crippen molar-refractivity contribution in [3.8, 4) is 11.1 Å². The maximum Gasteiger partial charge on any atom is 0.409 e. The number of nitrogens with one attached hydrogen (secondary N) is 1. The van der Waals surface area contributed by atoms with Gasteiger partial charge in [0.05, 0.1) is 0 Å². The van der Waals surface area contributed by atoms with E-state index in [4.69, 9.17) is 16.5 Å². The number of fused-ring (bicyclic) bond motifs is 3. The second kappa shape index (κ2) is 7.06. The van der Waals surface area contributed by atoms with Gasteiger partial charge < -0.3 is 9.64 Å².